The lowest BCUT2D eigenvalue weighted by Crippen LogP contribution is -2.52. The Hall–Kier alpha value is -0.570. The molecule has 0 N–H and O–H groups in total. The van der Waals surface area contributed by atoms with E-state index >= 15 is 0 Å². The van der Waals surface area contributed by atoms with E-state index in [2.05, 4.69) is 51.3 Å². The summed E-state index contributed by atoms with van der Waals surface area (Å²) in [5, 5.41) is 0. The molecule has 1 aliphatic carbocycles. The molecule has 122 valence electrons. The van der Waals surface area contributed by atoms with Crippen LogP contribution in [0.15, 0.2) is 0 Å². The van der Waals surface area contributed by atoms with Gasteiger partial charge in [0.1, 0.15) is 0 Å². The standard InChI is InChI=1S/C18H34N2O/c1-17(2,3)19-11-14-7-8-15(12-19)10-16(9-14)20(13-21)18(4,5)6/h13-16H,7-12H2,1-6H3. The predicted molar refractivity (Wildman–Crippen MR) is 88.2 cm³/mol. The maximum absolute atomic E-state index is 11.6. The molecular formula is C18H34N2O. The molecule has 2 atom stereocenters. The normalized spacial score (nSPS) is 31.6. The molecule has 2 fully saturated rings. The molecule has 2 rings (SSSR count). The van der Waals surface area contributed by atoms with Gasteiger partial charge in [0, 0.05) is 30.2 Å². The molecule has 1 aliphatic heterocycles. The average molecular weight is 294 g/mol. The van der Waals surface area contributed by atoms with Crippen molar-refractivity contribution in [1.29, 1.82) is 0 Å². The Labute approximate surface area is 131 Å². The van der Waals surface area contributed by atoms with Gasteiger partial charge in [-0.1, -0.05) is 0 Å². The van der Waals surface area contributed by atoms with E-state index in [1.807, 2.05) is 0 Å². The number of nitrogens with zero attached hydrogens (tertiary/aromatic N) is 2. The van der Waals surface area contributed by atoms with Crippen LogP contribution >= 0.6 is 0 Å². The molecule has 3 heteroatoms. The maximum atomic E-state index is 11.6. The molecule has 1 saturated carbocycles. The van der Waals surface area contributed by atoms with E-state index in [4.69, 9.17) is 0 Å². The number of hydrogen-bond donors (Lipinski definition) is 0. The highest BCUT2D eigenvalue weighted by Gasteiger charge is 2.39. The highest BCUT2D eigenvalue weighted by Crippen LogP contribution is 2.38. The Kier molecular flexibility index (Phi) is 4.72. The van der Waals surface area contributed by atoms with Crippen LogP contribution in [0.25, 0.3) is 0 Å². The van der Waals surface area contributed by atoms with Crippen molar-refractivity contribution < 1.29 is 4.79 Å². The van der Waals surface area contributed by atoms with E-state index in [0.717, 1.165) is 18.2 Å². The van der Waals surface area contributed by atoms with E-state index in [1.165, 1.54) is 38.8 Å². The fraction of sp³-hybridized carbons (Fsp3) is 0.944. The first-order valence-corrected chi connectivity index (χ1v) is 8.60. The van der Waals surface area contributed by atoms with Gasteiger partial charge in [-0.25, -0.2) is 0 Å². The Bertz CT molecular complexity index is 350. The summed E-state index contributed by atoms with van der Waals surface area (Å²) < 4.78 is 0. The number of fused-ring (bicyclic) bond motifs is 3. The van der Waals surface area contributed by atoms with E-state index in [1.54, 1.807) is 0 Å². The maximum Gasteiger partial charge on any atom is 0.210 e. The van der Waals surface area contributed by atoms with Crippen LogP contribution in [-0.2, 0) is 4.79 Å². The first-order valence-electron chi connectivity index (χ1n) is 8.60. The van der Waals surface area contributed by atoms with Crippen molar-refractivity contribution in [2.24, 2.45) is 11.8 Å². The van der Waals surface area contributed by atoms with Gasteiger partial charge in [0.2, 0.25) is 6.41 Å². The Morgan fingerprint density at radius 3 is 1.76 bits per heavy atom. The smallest absolute Gasteiger partial charge is 0.210 e. The van der Waals surface area contributed by atoms with Crippen molar-refractivity contribution in [3.8, 4) is 0 Å². The van der Waals surface area contributed by atoms with Crippen molar-refractivity contribution in [2.45, 2.75) is 84.3 Å². The van der Waals surface area contributed by atoms with Gasteiger partial charge in [0.05, 0.1) is 0 Å². The molecule has 1 saturated heterocycles. The lowest BCUT2D eigenvalue weighted by atomic mass is 9.89. The van der Waals surface area contributed by atoms with Gasteiger partial charge in [-0.2, -0.15) is 0 Å². The van der Waals surface area contributed by atoms with Gasteiger partial charge in [0.25, 0.3) is 0 Å². The van der Waals surface area contributed by atoms with Crippen LogP contribution in [0, 0.1) is 11.8 Å². The van der Waals surface area contributed by atoms with Crippen LogP contribution in [0.2, 0.25) is 0 Å². The van der Waals surface area contributed by atoms with Crippen LogP contribution in [-0.4, -0.2) is 46.4 Å². The minimum absolute atomic E-state index is 0.0607. The van der Waals surface area contributed by atoms with Crippen LogP contribution in [0.1, 0.15) is 67.2 Å². The number of hydrogen-bond acceptors (Lipinski definition) is 2. The van der Waals surface area contributed by atoms with Gasteiger partial charge in [-0.3, -0.25) is 9.69 Å². The monoisotopic (exact) mass is 294 g/mol. The summed E-state index contributed by atoms with van der Waals surface area (Å²) in [6, 6.07) is 0.433. The van der Waals surface area contributed by atoms with E-state index < -0.39 is 0 Å². The molecule has 3 nitrogen and oxygen atoms in total. The van der Waals surface area contributed by atoms with Crippen LogP contribution < -0.4 is 0 Å². The van der Waals surface area contributed by atoms with Crippen molar-refractivity contribution >= 4 is 6.41 Å². The molecule has 0 aromatic carbocycles. The van der Waals surface area contributed by atoms with E-state index in [0.29, 0.717) is 6.04 Å². The fourth-order valence-corrected chi connectivity index (χ4v) is 4.17. The van der Waals surface area contributed by atoms with Gasteiger partial charge in [0.15, 0.2) is 0 Å². The van der Waals surface area contributed by atoms with E-state index in [9.17, 15) is 4.79 Å². The minimum atomic E-state index is -0.0607. The number of likely N-dealkylation sites (tertiary alicyclic amines) is 1. The third-order valence-corrected chi connectivity index (χ3v) is 5.38. The second-order valence-corrected chi connectivity index (χ2v) is 9.19. The number of carbonyl (C=O) groups excluding carboxylic acids is 1. The first-order chi connectivity index (χ1) is 9.61. The van der Waals surface area contributed by atoms with Crippen molar-refractivity contribution in [3.05, 3.63) is 0 Å². The highest BCUT2D eigenvalue weighted by atomic mass is 16.1. The lowest BCUT2D eigenvalue weighted by Gasteiger charge is -2.45. The molecule has 0 spiro atoms. The highest BCUT2D eigenvalue weighted by molar-refractivity contribution is 5.49. The van der Waals surface area contributed by atoms with Crippen LogP contribution in [0.4, 0.5) is 0 Å². The number of amides is 1. The largest absolute Gasteiger partial charge is 0.337 e. The molecule has 0 aromatic rings. The summed E-state index contributed by atoms with van der Waals surface area (Å²) in [6.07, 6.45) is 6.13. The Balaban J connectivity index is 2.15. The van der Waals surface area contributed by atoms with E-state index in [-0.39, 0.29) is 11.1 Å². The van der Waals surface area contributed by atoms with Crippen molar-refractivity contribution in [2.75, 3.05) is 13.1 Å². The fourth-order valence-electron chi connectivity index (χ4n) is 4.17. The zero-order valence-electron chi connectivity index (χ0n) is 14.9. The van der Waals surface area contributed by atoms with Crippen molar-refractivity contribution in [1.82, 2.24) is 9.80 Å². The summed E-state index contributed by atoms with van der Waals surface area (Å²) >= 11 is 0. The third kappa shape index (κ3) is 4.00. The second kappa shape index (κ2) is 5.91. The summed E-state index contributed by atoms with van der Waals surface area (Å²) in [4.78, 5) is 16.4. The minimum Gasteiger partial charge on any atom is -0.337 e. The molecule has 2 unspecified atom stereocenters. The second-order valence-electron chi connectivity index (χ2n) is 9.19. The summed E-state index contributed by atoms with van der Waals surface area (Å²) in [7, 11) is 0. The van der Waals surface area contributed by atoms with Gasteiger partial charge in [-0.15, -0.1) is 0 Å². The molecule has 1 amide bonds. The number of carbonyl (C=O) groups is 1. The first kappa shape index (κ1) is 16.8. The molecule has 2 aliphatic rings. The zero-order chi connectivity index (χ0) is 15.8. The SMILES string of the molecule is CC(C)(C)N1CC2CCC(CC(N(C=O)C(C)(C)C)C2)C1. The van der Waals surface area contributed by atoms with Gasteiger partial charge >= 0.3 is 0 Å². The third-order valence-electron chi connectivity index (χ3n) is 5.38. The lowest BCUT2D eigenvalue weighted by molar-refractivity contribution is -0.126. The molecule has 21 heavy (non-hydrogen) atoms. The molecule has 0 aromatic heterocycles. The van der Waals surface area contributed by atoms with Crippen LogP contribution in [0.3, 0.4) is 0 Å². The average Bonchev–Trinajstić information content (AvgIpc) is 2.58. The topological polar surface area (TPSA) is 23.6 Å². The summed E-state index contributed by atoms with van der Waals surface area (Å²) in [6.45, 7) is 15.9. The molecule has 0 radical (unpaired) electrons. The van der Waals surface area contributed by atoms with Gasteiger partial charge in [-0.05, 0) is 79.1 Å². The summed E-state index contributed by atoms with van der Waals surface area (Å²) in [5.41, 5.74) is 0.205. The number of rotatable bonds is 2. The molecule has 1 heterocycles. The quantitative estimate of drug-likeness (QED) is 0.727. The Morgan fingerprint density at radius 2 is 1.43 bits per heavy atom. The summed E-state index contributed by atoms with van der Waals surface area (Å²) in [5.74, 6) is 1.48. The molecular weight excluding hydrogens is 260 g/mol. The van der Waals surface area contributed by atoms with Crippen molar-refractivity contribution in [3.63, 3.8) is 0 Å². The van der Waals surface area contributed by atoms with Gasteiger partial charge < -0.3 is 4.90 Å². The molecule has 2 bridgehead atoms. The Morgan fingerprint density at radius 1 is 0.952 bits per heavy atom. The van der Waals surface area contributed by atoms with Crippen LogP contribution in [0.5, 0.6) is 0 Å². The predicted octanol–water partition coefficient (Wildman–Crippen LogP) is 3.53. The zero-order valence-corrected chi connectivity index (χ0v) is 14.9.